The molecule has 1 aliphatic rings. The van der Waals surface area contributed by atoms with Crippen molar-refractivity contribution in [2.24, 2.45) is 0 Å². The van der Waals surface area contributed by atoms with Crippen LogP contribution in [0, 0.1) is 0 Å². The number of hydrogen-bond acceptors (Lipinski definition) is 3. The van der Waals surface area contributed by atoms with Gasteiger partial charge in [-0.2, -0.15) is 5.10 Å². The predicted octanol–water partition coefficient (Wildman–Crippen LogP) is 8.57. The smallest absolute Gasteiger partial charge is 0.410 e. The molecule has 202 valence electrons. The fourth-order valence-corrected chi connectivity index (χ4v) is 5.84. The fraction of sp³-hybridized carbons (Fsp3) is 0.212. The number of piperidine rings is 1. The fourth-order valence-electron chi connectivity index (χ4n) is 5.59. The number of nitrogens with zero attached hydrogens (tertiary/aromatic N) is 2. The first-order valence-electron chi connectivity index (χ1n) is 13.5. The quantitative estimate of drug-likeness (QED) is 0.208. The molecule has 5 aromatic rings. The molecule has 1 aromatic heterocycles. The number of fused-ring (bicyclic) bond motifs is 1. The Morgan fingerprint density at radius 1 is 0.850 bits per heavy atom. The van der Waals surface area contributed by atoms with Crippen molar-refractivity contribution in [1.29, 1.82) is 0 Å². The van der Waals surface area contributed by atoms with E-state index in [0.29, 0.717) is 23.1 Å². The Hall–Kier alpha value is -3.80. The minimum atomic E-state index is -0.257. The summed E-state index contributed by atoms with van der Waals surface area (Å²) >= 11 is 12.4. The molecule has 7 heteroatoms. The predicted molar refractivity (Wildman–Crippen MR) is 160 cm³/mol. The highest BCUT2D eigenvalue weighted by molar-refractivity contribution is 6.30. The van der Waals surface area contributed by atoms with Crippen molar-refractivity contribution in [1.82, 2.24) is 15.1 Å². The van der Waals surface area contributed by atoms with E-state index in [4.69, 9.17) is 27.9 Å². The molecule has 0 radical (unpaired) electrons. The average Bonchev–Trinajstić information content (AvgIpc) is 3.42. The summed E-state index contributed by atoms with van der Waals surface area (Å²) in [5.41, 5.74) is 6.52. The second-order valence-electron chi connectivity index (χ2n) is 10.3. The van der Waals surface area contributed by atoms with E-state index < -0.39 is 0 Å². The van der Waals surface area contributed by atoms with Crippen LogP contribution >= 0.6 is 23.2 Å². The summed E-state index contributed by atoms with van der Waals surface area (Å²) in [7, 11) is 0. The summed E-state index contributed by atoms with van der Waals surface area (Å²) in [5, 5.41) is 10.5. The van der Waals surface area contributed by atoms with Gasteiger partial charge >= 0.3 is 6.09 Å². The van der Waals surface area contributed by atoms with Crippen molar-refractivity contribution < 1.29 is 9.53 Å². The molecule has 1 saturated heterocycles. The number of aromatic amines is 1. The van der Waals surface area contributed by atoms with Crippen molar-refractivity contribution in [3.8, 4) is 0 Å². The average molecular weight is 571 g/mol. The number of nitrogens with one attached hydrogen (secondary N) is 1. The molecular formula is C33H29Cl2N3O2. The van der Waals surface area contributed by atoms with Crippen molar-refractivity contribution in [2.45, 2.75) is 31.3 Å². The molecule has 6 rings (SSSR count). The Morgan fingerprint density at radius 3 is 2.08 bits per heavy atom. The Morgan fingerprint density at radius 2 is 1.45 bits per heavy atom. The number of carbonyl (C=O) groups is 1. The SMILES string of the molecule is O=C(OCc1ccccc1)N1CCC(c2[nH]nc3ccc(C(c4ccc(Cl)cc4)c4ccc(Cl)cc4)cc23)CC1. The molecular weight excluding hydrogens is 541 g/mol. The van der Waals surface area contributed by atoms with Gasteiger partial charge in [-0.05, 0) is 71.5 Å². The number of amides is 1. The standard InChI is InChI=1S/C33H29Cl2N3O2/c34-27-11-6-23(7-12-27)31(24-8-13-28(35)14-9-24)26-10-15-30-29(20-26)32(37-36-30)25-16-18-38(19-17-25)33(39)40-21-22-4-2-1-3-5-22/h1-15,20,25,31H,16-19,21H2,(H,36,37). The van der Waals surface area contributed by atoms with Crippen molar-refractivity contribution in [3.63, 3.8) is 0 Å². The van der Waals surface area contributed by atoms with Gasteiger partial charge in [0.25, 0.3) is 0 Å². The Balaban J connectivity index is 1.22. The first-order chi connectivity index (χ1) is 19.5. The van der Waals surface area contributed by atoms with E-state index in [2.05, 4.69) is 52.7 Å². The first kappa shape index (κ1) is 26.4. The number of hydrogen-bond donors (Lipinski definition) is 1. The Labute approximate surface area is 243 Å². The van der Waals surface area contributed by atoms with Gasteiger partial charge in [-0.15, -0.1) is 0 Å². The summed E-state index contributed by atoms with van der Waals surface area (Å²) in [6.07, 6.45) is 1.44. The van der Waals surface area contributed by atoms with E-state index in [1.165, 1.54) is 5.56 Å². The van der Waals surface area contributed by atoms with Crippen LogP contribution in [0.2, 0.25) is 10.0 Å². The van der Waals surface area contributed by atoms with E-state index in [-0.39, 0.29) is 24.5 Å². The molecule has 1 amide bonds. The molecule has 1 aliphatic heterocycles. The van der Waals surface area contributed by atoms with Gasteiger partial charge in [0.2, 0.25) is 0 Å². The summed E-state index contributed by atoms with van der Waals surface area (Å²) in [6, 6.07) is 32.3. The maximum atomic E-state index is 12.7. The third kappa shape index (κ3) is 5.72. The summed E-state index contributed by atoms with van der Waals surface area (Å²) in [5.74, 6) is 0.297. The minimum Gasteiger partial charge on any atom is -0.445 e. The molecule has 0 aliphatic carbocycles. The highest BCUT2D eigenvalue weighted by atomic mass is 35.5. The molecule has 1 N–H and O–H groups in total. The lowest BCUT2D eigenvalue weighted by atomic mass is 9.84. The number of likely N-dealkylation sites (tertiary alicyclic amines) is 1. The summed E-state index contributed by atoms with van der Waals surface area (Å²) in [4.78, 5) is 14.5. The minimum absolute atomic E-state index is 0.0166. The lowest BCUT2D eigenvalue weighted by Gasteiger charge is -2.31. The molecule has 0 atom stereocenters. The molecule has 0 saturated carbocycles. The maximum absolute atomic E-state index is 12.7. The topological polar surface area (TPSA) is 58.2 Å². The largest absolute Gasteiger partial charge is 0.445 e. The molecule has 1 fully saturated rings. The Kier molecular flexibility index (Phi) is 7.76. The number of rotatable bonds is 6. The zero-order valence-corrected chi connectivity index (χ0v) is 23.4. The van der Waals surface area contributed by atoms with E-state index in [9.17, 15) is 4.79 Å². The lowest BCUT2D eigenvalue weighted by molar-refractivity contribution is 0.0869. The van der Waals surface area contributed by atoms with Crippen molar-refractivity contribution in [3.05, 3.63) is 135 Å². The molecule has 5 nitrogen and oxygen atoms in total. The van der Waals surface area contributed by atoms with Gasteiger partial charge < -0.3 is 9.64 Å². The Bertz CT molecular complexity index is 1550. The van der Waals surface area contributed by atoms with Crippen LogP contribution in [0.15, 0.2) is 97.1 Å². The summed E-state index contributed by atoms with van der Waals surface area (Å²) < 4.78 is 5.55. The van der Waals surface area contributed by atoms with Crippen LogP contribution < -0.4 is 0 Å². The summed E-state index contributed by atoms with van der Waals surface area (Å²) in [6.45, 7) is 1.59. The number of carbonyl (C=O) groups excluding carboxylic acids is 1. The lowest BCUT2D eigenvalue weighted by Crippen LogP contribution is -2.38. The molecule has 0 spiro atoms. The molecule has 0 bridgehead atoms. The van der Waals surface area contributed by atoms with Gasteiger partial charge in [0.1, 0.15) is 6.61 Å². The maximum Gasteiger partial charge on any atom is 0.410 e. The van der Waals surface area contributed by atoms with Crippen molar-refractivity contribution in [2.75, 3.05) is 13.1 Å². The normalized spacial score (nSPS) is 14.1. The van der Waals surface area contributed by atoms with Crippen LogP contribution in [0.25, 0.3) is 10.9 Å². The molecule has 2 heterocycles. The highest BCUT2D eigenvalue weighted by Crippen LogP contribution is 2.37. The van der Waals surface area contributed by atoms with Gasteiger partial charge in [-0.3, -0.25) is 5.10 Å². The number of benzene rings is 4. The van der Waals surface area contributed by atoms with Crippen LogP contribution in [0.3, 0.4) is 0 Å². The number of H-pyrrole nitrogens is 1. The van der Waals surface area contributed by atoms with Gasteiger partial charge in [0, 0.05) is 46.1 Å². The van der Waals surface area contributed by atoms with E-state index in [1.54, 1.807) is 4.90 Å². The number of halogens is 2. The van der Waals surface area contributed by atoms with Crippen LogP contribution in [0.4, 0.5) is 4.79 Å². The van der Waals surface area contributed by atoms with Crippen LogP contribution in [0.1, 0.15) is 52.6 Å². The number of aromatic nitrogens is 2. The van der Waals surface area contributed by atoms with Crippen LogP contribution in [-0.4, -0.2) is 34.3 Å². The van der Waals surface area contributed by atoms with E-state index in [1.807, 2.05) is 54.6 Å². The van der Waals surface area contributed by atoms with Crippen molar-refractivity contribution >= 4 is 40.2 Å². The third-order valence-corrected chi connectivity index (χ3v) is 8.22. The monoisotopic (exact) mass is 569 g/mol. The second kappa shape index (κ2) is 11.7. The van der Waals surface area contributed by atoms with Crippen LogP contribution in [-0.2, 0) is 11.3 Å². The van der Waals surface area contributed by atoms with Gasteiger partial charge in [-0.1, -0.05) is 83.9 Å². The zero-order valence-electron chi connectivity index (χ0n) is 21.9. The highest BCUT2D eigenvalue weighted by Gasteiger charge is 2.27. The third-order valence-electron chi connectivity index (χ3n) is 7.71. The van der Waals surface area contributed by atoms with E-state index >= 15 is 0 Å². The van der Waals surface area contributed by atoms with Gasteiger partial charge in [-0.25, -0.2) is 4.79 Å². The van der Waals surface area contributed by atoms with Crippen LogP contribution in [0.5, 0.6) is 0 Å². The number of ether oxygens (including phenoxy) is 1. The molecule has 4 aromatic carbocycles. The van der Waals surface area contributed by atoms with E-state index in [0.717, 1.165) is 46.1 Å². The molecule has 40 heavy (non-hydrogen) atoms. The zero-order chi connectivity index (χ0) is 27.5. The second-order valence-corrected chi connectivity index (χ2v) is 11.1. The first-order valence-corrected chi connectivity index (χ1v) is 14.3. The van der Waals surface area contributed by atoms with Gasteiger partial charge in [0.05, 0.1) is 5.52 Å². The van der Waals surface area contributed by atoms with Gasteiger partial charge in [0.15, 0.2) is 0 Å². The molecule has 0 unspecified atom stereocenters.